The van der Waals surface area contributed by atoms with Crippen LogP contribution in [0.4, 0.5) is 5.82 Å². The predicted molar refractivity (Wildman–Crippen MR) is 56.8 cm³/mol. The lowest BCUT2D eigenvalue weighted by atomic mass is 10.4. The molecule has 0 aliphatic rings. The van der Waals surface area contributed by atoms with Gasteiger partial charge in [0.25, 0.3) is 0 Å². The number of rotatable bonds is 1. The quantitative estimate of drug-likeness (QED) is 0.681. The third kappa shape index (κ3) is 1.32. The number of aryl methyl sites for hydroxylation is 2. The summed E-state index contributed by atoms with van der Waals surface area (Å²) in [5.41, 5.74) is 3.01. The van der Waals surface area contributed by atoms with Crippen molar-refractivity contribution in [3.05, 3.63) is 23.5 Å². The van der Waals surface area contributed by atoms with E-state index in [1.54, 1.807) is 0 Å². The molecule has 0 spiro atoms. The van der Waals surface area contributed by atoms with Gasteiger partial charge in [0.15, 0.2) is 5.65 Å². The van der Waals surface area contributed by atoms with Crippen LogP contribution in [0.25, 0.3) is 5.65 Å². The van der Waals surface area contributed by atoms with Crippen LogP contribution in [0, 0.1) is 13.8 Å². The molecular weight excluding hydrogens is 176 g/mol. The van der Waals surface area contributed by atoms with Gasteiger partial charge >= 0.3 is 0 Å². The summed E-state index contributed by atoms with van der Waals surface area (Å²) in [7, 11) is 3.98. The average molecular weight is 190 g/mol. The van der Waals surface area contributed by atoms with E-state index >= 15 is 0 Å². The molecule has 0 radical (unpaired) electrons. The second-order valence-corrected chi connectivity index (χ2v) is 3.71. The second-order valence-electron chi connectivity index (χ2n) is 3.71. The molecule has 0 aliphatic carbocycles. The fourth-order valence-corrected chi connectivity index (χ4v) is 1.45. The van der Waals surface area contributed by atoms with Gasteiger partial charge in [0.1, 0.15) is 5.82 Å². The van der Waals surface area contributed by atoms with Crippen LogP contribution < -0.4 is 4.90 Å². The van der Waals surface area contributed by atoms with E-state index < -0.39 is 0 Å². The summed E-state index contributed by atoms with van der Waals surface area (Å²) in [6, 6.07) is 4.01. The summed E-state index contributed by atoms with van der Waals surface area (Å²) in [6.45, 7) is 4.01. The Labute approximate surface area is 83.2 Å². The lowest BCUT2D eigenvalue weighted by Gasteiger charge is -2.12. The van der Waals surface area contributed by atoms with Gasteiger partial charge in [-0.25, -0.2) is 9.50 Å². The number of nitrogens with zero attached hydrogens (tertiary/aromatic N) is 4. The van der Waals surface area contributed by atoms with Crippen LogP contribution >= 0.6 is 0 Å². The maximum atomic E-state index is 4.48. The van der Waals surface area contributed by atoms with E-state index in [4.69, 9.17) is 0 Å². The van der Waals surface area contributed by atoms with Crippen LogP contribution in [0.2, 0.25) is 0 Å². The van der Waals surface area contributed by atoms with Crippen molar-refractivity contribution in [1.82, 2.24) is 14.6 Å². The maximum Gasteiger partial charge on any atom is 0.157 e. The Morgan fingerprint density at radius 3 is 2.57 bits per heavy atom. The summed E-state index contributed by atoms with van der Waals surface area (Å²) in [6.07, 6.45) is 0. The highest BCUT2D eigenvalue weighted by Crippen LogP contribution is 2.13. The third-order valence-corrected chi connectivity index (χ3v) is 2.17. The standard InChI is InChI=1S/C10H14N4/c1-7-5-10-11-9(13(3)4)6-8(2)14(10)12-7/h5-6H,1-4H3. The highest BCUT2D eigenvalue weighted by atomic mass is 15.3. The fourth-order valence-electron chi connectivity index (χ4n) is 1.45. The van der Waals surface area contributed by atoms with Crippen molar-refractivity contribution in [2.75, 3.05) is 19.0 Å². The van der Waals surface area contributed by atoms with Gasteiger partial charge in [-0.05, 0) is 13.8 Å². The normalized spacial score (nSPS) is 10.9. The molecule has 4 heteroatoms. The van der Waals surface area contributed by atoms with Gasteiger partial charge in [0.05, 0.1) is 5.69 Å². The number of aromatic nitrogens is 3. The molecular formula is C10H14N4. The number of hydrogen-bond donors (Lipinski definition) is 0. The number of fused-ring (bicyclic) bond motifs is 1. The molecule has 0 unspecified atom stereocenters. The number of hydrogen-bond acceptors (Lipinski definition) is 3. The van der Waals surface area contributed by atoms with E-state index in [0.717, 1.165) is 22.9 Å². The molecule has 0 bridgehead atoms. The Kier molecular flexibility index (Phi) is 1.91. The molecule has 2 aromatic heterocycles. The molecule has 0 saturated carbocycles. The Morgan fingerprint density at radius 2 is 1.93 bits per heavy atom. The molecule has 0 N–H and O–H groups in total. The van der Waals surface area contributed by atoms with Gasteiger partial charge in [-0.1, -0.05) is 0 Å². The molecule has 14 heavy (non-hydrogen) atoms. The first-order valence-electron chi connectivity index (χ1n) is 4.59. The minimum atomic E-state index is 0.909. The van der Waals surface area contributed by atoms with Gasteiger partial charge in [-0.15, -0.1) is 0 Å². The Balaban J connectivity index is 2.71. The molecule has 4 nitrogen and oxygen atoms in total. The van der Waals surface area contributed by atoms with Crippen LogP contribution in [-0.2, 0) is 0 Å². The predicted octanol–water partition coefficient (Wildman–Crippen LogP) is 1.41. The molecule has 0 saturated heterocycles. The molecule has 0 atom stereocenters. The Hall–Kier alpha value is -1.58. The van der Waals surface area contributed by atoms with Gasteiger partial charge < -0.3 is 4.90 Å². The van der Waals surface area contributed by atoms with Crippen molar-refractivity contribution in [3.8, 4) is 0 Å². The van der Waals surface area contributed by atoms with Crippen molar-refractivity contribution in [2.24, 2.45) is 0 Å². The third-order valence-electron chi connectivity index (χ3n) is 2.17. The summed E-state index contributed by atoms with van der Waals surface area (Å²) in [5, 5.41) is 4.35. The summed E-state index contributed by atoms with van der Waals surface area (Å²) >= 11 is 0. The van der Waals surface area contributed by atoms with E-state index in [2.05, 4.69) is 10.1 Å². The molecule has 74 valence electrons. The zero-order chi connectivity index (χ0) is 10.3. The monoisotopic (exact) mass is 190 g/mol. The molecule has 2 heterocycles. The lowest BCUT2D eigenvalue weighted by molar-refractivity contribution is 0.871. The zero-order valence-corrected chi connectivity index (χ0v) is 8.94. The first-order valence-corrected chi connectivity index (χ1v) is 4.59. The first kappa shape index (κ1) is 8.99. The van der Waals surface area contributed by atoms with Crippen LogP contribution in [0.5, 0.6) is 0 Å². The summed E-state index contributed by atoms with van der Waals surface area (Å²) in [5.74, 6) is 0.968. The summed E-state index contributed by atoms with van der Waals surface area (Å²) in [4.78, 5) is 6.48. The largest absolute Gasteiger partial charge is 0.363 e. The van der Waals surface area contributed by atoms with Gasteiger partial charge in [0, 0.05) is 31.9 Å². The fraction of sp³-hybridized carbons (Fsp3) is 0.400. The second kappa shape index (κ2) is 2.97. The van der Waals surface area contributed by atoms with Crippen LogP contribution in [0.15, 0.2) is 12.1 Å². The molecule has 2 aromatic rings. The van der Waals surface area contributed by atoms with Gasteiger partial charge in [-0.2, -0.15) is 5.10 Å². The van der Waals surface area contributed by atoms with E-state index in [1.165, 1.54) is 0 Å². The first-order chi connectivity index (χ1) is 6.58. The molecule has 2 rings (SSSR count). The van der Waals surface area contributed by atoms with Crippen LogP contribution in [-0.4, -0.2) is 28.7 Å². The lowest BCUT2D eigenvalue weighted by Crippen LogP contribution is -2.12. The minimum Gasteiger partial charge on any atom is -0.363 e. The van der Waals surface area contributed by atoms with E-state index in [0.29, 0.717) is 0 Å². The highest BCUT2D eigenvalue weighted by molar-refractivity contribution is 5.49. The molecule has 0 aliphatic heterocycles. The van der Waals surface area contributed by atoms with Crippen LogP contribution in [0.3, 0.4) is 0 Å². The van der Waals surface area contributed by atoms with E-state index in [1.807, 2.05) is 49.5 Å². The van der Waals surface area contributed by atoms with Crippen molar-refractivity contribution in [2.45, 2.75) is 13.8 Å². The Bertz CT molecular complexity index is 470. The molecule has 0 fully saturated rings. The molecule has 0 amide bonds. The van der Waals surface area contributed by atoms with Gasteiger partial charge in [0.2, 0.25) is 0 Å². The highest BCUT2D eigenvalue weighted by Gasteiger charge is 2.05. The topological polar surface area (TPSA) is 33.4 Å². The van der Waals surface area contributed by atoms with Crippen molar-refractivity contribution < 1.29 is 0 Å². The smallest absolute Gasteiger partial charge is 0.157 e. The van der Waals surface area contributed by atoms with Gasteiger partial charge in [-0.3, -0.25) is 0 Å². The SMILES string of the molecule is Cc1cc2nc(N(C)C)cc(C)n2n1. The minimum absolute atomic E-state index is 0.909. The average Bonchev–Trinajstić information content (AvgIpc) is 2.45. The zero-order valence-electron chi connectivity index (χ0n) is 8.94. The van der Waals surface area contributed by atoms with Crippen molar-refractivity contribution >= 4 is 11.5 Å². The number of anilines is 1. The van der Waals surface area contributed by atoms with Crippen molar-refractivity contribution in [1.29, 1.82) is 0 Å². The van der Waals surface area contributed by atoms with Crippen molar-refractivity contribution in [3.63, 3.8) is 0 Å². The molecule has 0 aromatic carbocycles. The Morgan fingerprint density at radius 1 is 1.21 bits per heavy atom. The maximum absolute atomic E-state index is 4.48. The van der Waals surface area contributed by atoms with E-state index in [9.17, 15) is 0 Å². The van der Waals surface area contributed by atoms with Crippen LogP contribution in [0.1, 0.15) is 11.4 Å². The summed E-state index contributed by atoms with van der Waals surface area (Å²) < 4.78 is 1.86. The van der Waals surface area contributed by atoms with E-state index in [-0.39, 0.29) is 0 Å².